The molecular formula is C26H35NO6S. The van der Waals surface area contributed by atoms with Crippen molar-refractivity contribution in [3.05, 3.63) is 53.1 Å². The van der Waals surface area contributed by atoms with Crippen LogP contribution in [0.5, 0.6) is 11.5 Å². The van der Waals surface area contributed by atoms with Crippen LogP contribution in [0.4, 0.5) is 0 Å². The molecule has 2 heterocycles. The third kappa shape index (κ3) is 6.17. The minimum Gasteiger partial charge on any atom is -0.493 e. The van der Waals surface area contributed by atoms with Crippen molar-refractivity contribution in [3.63, 3.8) is 0 Å². The van der Waals surface area contributed by atoms with Crippen LogP contribution in [0.1, 0.15) is 49.4 Å². The molecule has 2 unspecified atom stereocenters. The molecule has 186 valence electrons. The van der Waals surface area contributed by atoms with E-state index >= 15 is 0 Å². The van der Waals surface area contributed by atoms with Gasteiger partial charge in [0, 0.05) is 31.5 Å². The van der Waals surface area contributed by atoms with Gasteiger partial charge in [-0.3, -0.25) is 14.2 Å². The Morgan fingerprint density at radius 1 is 1.09 bits per heavy atom. The second-order valence-corrected chi connectivity index (χ2v) is 10.9. The molecule has 7 nitrogen and oxygen atoms in total. The number of hydrogen-bond acceptors (Lipinski definition) is 6. The largest absolute Gasteiger partial charge is 0.493 e. The lowest BCUT2D eigenvalue weighted by Gasteiger charge is -2.43. The molecule has 0 aromatic heterocycles. The molecule has 2 atom stereocenters. The molecule has 34 heavy (non-hydrogen) atoms. The van der Waals surface area contributed by atoms with Gasteiger partial charge in [-0.2, -0.15) is 8.42 Å². The number of carbonyl (C=O) groups excluding carboxylic acids is 1. The highest BCUT2D eigenvalue weighted by Gasteiger charge is 2.38. The highest BCUT2D eigenvalue weighted by molar-refractivity contribution is 7.85. The van der Waals surface area contributed by atoms with Gasteiger partial charge in [-0.1, -0.05) is 31.5 Å². The summed E-state index contributed by atoms with van der Waals surface area (Å²) in [6.07, 6.45) is 2.63. The van der Waals surface area contributed by atoms with Crippen LogP contribution in [-0.2, 0) is 21.3 Å². The highest BCUT2D eigenvalue weighted by Crippen LogP contribution is 2.42. The first-order valence-corrected chi connectivity index (χ1v) is 13.0. The van der Waals surface area contributed by atoms with Crippen LogP contribution in [0.15, 0.2) is 41.3 Å². The summed E-state index contributed by atoms with van der Waals surface area (Å²) in [5, 5.41) is 0. The van der Waals surface area contributed by atoms with Gasteiger partial charge < -0.3 is 9.47 Å². The molecule has 0 spiro atoms. The molecule has 1 saturated heterocycles. The first kappa shape index (κ1) is 26.2. The van der Waals surface area contributed by atoms with E-state index in [9.17, 15) is 13.2 Å². The number of carbonyl (C=O) groups is 1. The van der Waals surface area contributed by atoms with Gasteiger partial charge in [0.05, 0.1) is 19.1 Å². The van der Waals surface area contributed by atoms with Gasteiger partial charge in [0.25, 0.3) is 10.1 Å². The van der Waals surface area contributed by atoms with E-state index in [1.165, 1.54) is 23.3 Å². The summed E-state index contributed by atoms with van der Waals surface area (Å²) in [7, 11) is -0.691. The monoisotopic (exact) mass is 489 g/mol. The summed E-state index contributed by atoms with van der Waals surface area (Å²) in [5.41, 5.74) is 3.49. The van der Waals surface area contributed by atoms with Gasteiger partial charge in [-0.15, -0.1) is 0 Å². The Morgan fingerprint density at radius 3 is 2.26 bits per heavy atom. The highest BCUT2D eigenvalue weighted by atomic mass is 32.2. The SMILES string of the molecule is COc1cc2c(cc1OC)C1CC(=O)C(CC(C)C)CN1CC2.Cc1ccc(S(=O)(=O)O)cc1. The Morgan fingerprint density at radius 2 is 1.71 bits per heavy atom. The number of ketones is 1. The van der Waals surface area contributed by atoms with Crippen molar-refractivity contribution in [3.8, 4) is 11.5 Å². The molecule has 8 heteroatoms. The third-order valence-electron chi connectivity index (χ3n) is 6.49. The standard InChI is InChI=1S/C19H27NO3.C7H8O3S/c1-12(2)7-14-11-20-6-5-13-8-18(22-3)19(23-4)9-15(13)16(20)10-17(14)21;1-6-2-4-7(5-3-6)11(8,9)10/h8-9,12,14,16H,5-7,10-11H2,1-4H3;2-5H,1H3,(H,8,9,10). The molecule has 0 aliphatic carbocycles. The maximum Gasteiger partial charge on any atom is 0.294 e. The van der Waals surface area contributed by atoms with Crippen LogP contribution in [-0.4, -0.2) is 51.0 Å². The van der Waals surface area contributed by atoms with E-state index in [4.69, 9.17) is 14.0 Å². The van der Waals surface area contributed by atoms with Crippen molar-refractivity contribution in [1.82, 2.24) is 4.90 Å². The molecule has 2 aliphatic rings. The van der Waals surface area contributed by atoms with E-state index in [-0.39, 0.29) is 16.9 Å². The Bertz CT molecular complexity index is 1110. The van der Waals surface area contributed by atoms with Gasteiger partial charge in [-0.05, 0) is 61.1 Å². The maximum absolute atomic E-state index is 12.6. The normalized spacial score (nSPS) is 20.1. The van der Waals surface area contributed by atoms with Crippen LogP contribution in [0.25, 0.3) is 0 Å². The molecule has 4 rings (SSSR count). The Labute approximate surface area is 202 Å². The Balaban J connectivity index is 0.000000248. The Hall–Kier alpha value is -2.42. The summed E-state index contributed by atoms with van der Waals surface area (Å²) in [4.78, 5) is 15.0. The number of rotatable bonds is 5. The summed E-state index contributed by atoms with van der Waals surface area (Å²) in [5.74, 6) is 2.72. The van der Waals surface area contributed by atoms with Crippen molar-refractivity contribution >= 4 is 15.9 Å². The van der Waals surface area contributed by atoms with Crippen molar-refractivity contribution in [1.29, 1.82) is 0 Å². The van der Waals surface area contributed by atoms with Crippen molar-refractivity contribution < 1.29 is 27.2 Å². The van der Waals surface area contributed by atoms with Gasteiger partial charge in [0.2, 0.25) is 0 Å². The predicted octanol–water partition coefficient (Wildman–Crippen LogP) is 4.48. The van der Waals surface area contributed by atoms with Gasteiger partial charge >= 0.3 is 0 Å². The number of ether oxygens (including phenoxy) is 2. The fraction of sp³-hybridized carbons (Fsp3) is 0.500. The molecular weight excluding hydrogens is 454 g/mol. The molecule has 0 radical (unpaired) electrons. The number of nitrogens with zero attached hydrogens (tertiary/aromatic N) is 1. The number of methoxy groups -OCH3 is 2. The molecule has 1 fully saturated rings. The minimum absolute atomic E-state index is 0.0666. The average Bonchev–Trinajstić information content (AvgIpc) is 2.78. The van der Waals surface area contributed by atoms with Gasteiger partial charge in [0.1, 0.15) is 5.78 Å². The topological polar surface area (TPSA) is 93.1 Å². The van der Waals surface area contributed by atoms with Crippen molar-refractivity contribution in [2.75, 3.05) is 27.3 Å². The van der Waals surface area contributed by atoms with E-state index in [0.29, 0.717) is 18.1 Å². The summed E-state index contributed by atoms with van der Waals surface area (Å²) >= 11 is 0. The van der Waals surface area contributed by atoms with E-state index in [1.807, 2.05) is 6.92 Å². The van der Waals surface area contributed by atoms with E-state index in [0.717, 1.165) is 43.0 Å². The fourth-order valence-corrected chi connectivity index (χ4v) is 5.25. The van der Waals surface area contributed by atoms with E-state index in [1.54, 1.807) is 26.4 Å². The zero-order valence-corrected chi connectivity index (χ0v) is 21.4. The summed E-state index contributed by atoms with van der Waals surface area (Å²) < 4.78 is 40.4. The molecule has 2 aromatic carbocycles. The zero-order chi connectivity index (χ0) is 25.0. The van der Waals surface area contributed by atoms with Crippen LogP contribution in [0, 0.1) is 18.8 Å². The molecule has 0 bridgehead atoms. The van der Waals surface area contributed by atoms with Crippen LogP contribution >= 0.6 is 0 Å². The van der Waals surface area contributed by atoms with Crippen LogP contribution in [0.2, 0.25) is 0 Å². The van der Waals surface area contributed by atoms with E-state index < -0.39 is 10.1 Å². The number of Topliss-reactive ketones (excluding diaryl/α,β-unsaturated/α-hetero) is 1. The Kier molecular flexibility index (Phi) is 8.38. The zero-order valence-electron chi connectivity index (χ0n) is 20.6. The molecule has 2 aliphatic heterocycles. The second-order valence-electron chi connectivity index (χ2n) is 9.45. The third-order valence-corrected chi connectivity index (χ3v) is 7.36. The number of fused-ring (bicyclic) bond motifs is 3. The van der Waals surface area contributed by atoms with Crippen molar-refractivity contribution in [2.45, 2.75) is 51.0 Å². The van der Waals surface area contributed by atoms with Crippen LogP contribution in [0.3, 0.4) is 0 Å². The lowest BCUT2D eigenvalue weighted by atomic mass is 9.80. The second kappa shape index (κ2) is 10.9. The summed E-state index contributed by atoms with van der Waals surface area (Å²) in [6, 6.07) is 10.3. The molecule has 1 N–H and O–H groups in total. The average molecular weight is 490 g/mol. The number of piperidine rings is 1. The number of hydrogen-bond donors (Lipinski definition) is 1. The summed E-state index contributed by atoms with van der Waals surface area (Å²) in [6.45, 7) is 8.16. The van der Waals surface area contributed by atoms with Gasteiger partial charge in [-0.25, -0.2) is 0 Å². The first-order chi connectivity index (χ1) is 16.0. The van der Waals surface area contributed by atoms with Crippen molar-refractivity contribution in [2.24, 2.45) is 11.8 Å². The molecule has 0 saturated carbocycles. The fourth-order valence-electron chi connectivity index (χ4n) is 4.77. The first-order valence-electron chi connectivity index (χ1n) is 11.6. The quantitative estimate of drug-likeness (QED) is 0.619. The van der Waals surface area contributed by atoms with E-state index in [2.05, 4.69) is 30.9 Å². The van der Waals surface area contributed by atoms with Crippen LogP contribution < -0.4 is 9.47 Å². The molecule has 2 aromatic rings. The lowest BCUT2D eigenvalue weighted by molar-refractivity contribution is -0.129. The number of benzene rings is 2. The maximum atomic E-state index is 12.6. The number of aryl methyl sites for hydroxylation is 1. The van der Waals surface area contributed by atoms with Gasteiger partial charge in [0.15, 0.2) is 11.5 Å². The smallest absolute Gasteiger partial charge is 0.294 e. The molecule has 0 amide bonds. The predicted molar refractivity (Wildman–Crippen MR) is 131 cm³/mol. The lowest BCUT2D eigenvalue weighted by Crippen LogP contribution is -2.46. The minimum atomic E-state index is -4.02.